The molecule has 3 heteroatoms. The topological polar surface area (TPSA) is 26.3 Å². The van der Waals surface area contributed by atoms with Gasteiger partial charge in [0.25, 0.3) is 0 Å². The average molecular weight is 346 g/mol. The molecule has 17 heavy (non-hydrogen) atoms. The molecule has 0 aliphatic carbocycles. The number of hydrogen-bond acceptors (Lipinski definition) is 2. The SMILES string of the molecule is CC(=O)Oc1cc(C(C)C)c(I)c(C(C)C)c1. The zero-order valence-electron chi connectivity index (χ0n) is 11.0. The first-order valence-electron chi connectivity index (χ1n) is 5.84. The van der Waals surface area contributed by atoms with Gasteiger partial charge < -0.3 is 4.74 Å². The second-order valence-corrected chi connectivity index (χ2v) is 5.90. The summed E-state index contributed by atoms with van der Waals surface area (Å²) < 4.78 is 6.49. The van der Waals surface area contributed by atoms with Gasteiger partial charge in [-0.25, -0.2) is 0 Å². The Labute approximate surface area is 117 Å². The van der Waals surface area contributed by atoms with Gasteiger partial charge >= 0.3 is 5.97 Å². The molecule has 0 amide bonds. The first kappa shape index (κ1) is 14.5. The van der Waals surface area contributed by atoms with E-state index in [1.54, 1.807) is 0 Å². The summed E-state index contributed by atoms with van der Waals surface area (Å²) in [7, 11) is 0. The van der Waals surface area contributed by atoms with Gasteiger partial charge in [0, 0.05) is 10.5 Å². The molecule has 1 rings (SSSR count). The number of hydrogen-bond donors (Lipinski definition) is 0. The van der Waals surface area contributed by atoms with Crippen LogP contribution in [0.3, 0.4) is 0 Å². The van der Waals surface area contributed by atoms with E-state index in [0.29, 0.717) is 17.6 Å². The van der Waals surface area contributed by atoms with Gasteiger partial charge in [-0.15, -0.1) is 0 Å². The van der Waals surface area contributed by atoms with E-state index in [0.717, 1.165) is 0 Å². The second-order valence-electron chi connectivity index (χ2n) is 4.82. The number of carbonyl (C=O) groups is 1. The quantitative estimate of drug-likeness (QED) is 0.459. The highest BCUT2D eigenvalue weighted by atomic mass is 127. The van der Waals surface area contributed by atoms with Crippen LogP contribution in [0.15, 0.2) is 12.1 Å². The first-order valence-corrected chi connectivity index (χ1v) is 6.92. The van der Waals surface area contributed by atoms with Gasteiger partial charge in [-0.05, 0) is 57.7 Å². The summed E-state index contributed by atoms with van der Waals surface area (Å²) in [6, 6.07) is 3.94. The summed E-state index contributed by atoms with van der Waals surface area (Å²) in [5.41, 5.74) is 2.49. The molecule has 0 saturated carbocycles. The Balaban J connectivity index is 3.31. The fourth-order valence-electron chi connectivity index (χ4n) is 1.71. The molecule has 0 aliphatic heterocycles. The van der Waals surface area contributed by atoms with Crippen molar-refractivity contribution >= 4 is 28.6 Å². The van der Waals surface area contributed by atoms with Crippen LogP contribution in [-0.4, -0.2) is 5.97 Å². The lowest BCUT2D eigenvalue weighted by Crippen LogP contribution is -2.06. The Bertz CT molecular complexity index is 393. The van der Waals surface area contributed by atoms with Gasteiger partial charge in [0.15, 0.2) is 0 Å². The maximum absolute atomic E-state index is 11.0. The van der Waals surface area contributed by atoms with E-state index >= 15 is 0 Å². The van der Waals surface area contributed by atoms with E-state index in [1.165, 1.54) is 21.6 Å². The molecule has 1 aromatic carbocycles. The van der Waals surface area contributed by atoms with Crippen LogP contribution in [0.1, 0.15) is 57.6 Å². The van der Waals surface area contributed by atoms with Crippen LogP contribution in [0.5, 0.6) is 5.75 Å². The zero-order valence-corrected chi connectivity index (χ0v) is 13.2. The van der Waals surface area contributed by atoms with Crippen molar-refractivity contribution in [3.63, 3.8) is 0 Å². The summed E-state index contributed by atoms with van der Waals surface area (Å²) in [5, 5.41) is 0. The Morgan fingerprint density at radius 3 is 1.82 bits per heavy atom. The molecule has 0 spiro atoms. The highest BCUT2D eigenvalue weighted by molar-refractivity contribution is 14.1. The van der Waals surface area contributed by atoms with Crippen LogP contribution in [0, 0.1) is 3.57 Å². The molecular weight excluding hydrogens is 327 g/mol. The standard InChI is InChI=1S/C14H19IO2/c1-8(2)12-6-11(17-10(5)16)7-13(9(3)4)14(12)15/h6-9H,1-5H3. The monoisotopic (exact) mass is 346 g/mol. The van der Waals surface area contributed by atoms with E-state index < -0.39 is 0 Å². The van der Waals surface area contributed by atoms with Crippen LogP contribution in [0.2, 0.25) is 0 Å². The molecule has 0 N–H and O–H groups in total. The smallest absolute Gasteiger partial charge is 0.308 e. The predicted octanol–water partition coefficient (Wildman–Crippen LogP) is 4.46. The van der Waals surface area contributed by atoms with E-state index in [-0.39, 0.29) is 5.97 Å². The minimum absolute atomic E-state index is 0.268. The molecule has 94 valence electrons. The van der Waals surface area contributed by atoms with Gasteiger partial charge in [-0.3, -0.25) is 4.79 Å². The largest absolute Gasteiger partial charge is 0.427 e. The number of carbonyl (C=O) groups excluding carboxylic acids is 1. The number of halogens is 1. The maximum Gasteiger partial charge on any atom is 0.308 e. The average Bonchev–Trinajstić information content (AvgIpc) is 2.18. The van der Waals surface area contributed by atoms with Gasteiger partial charge in [0.1, 0.15) is 5.75 Å². The lowest BCUT2D eigenvalue weighted by atomic mass is 9.95. The summed E-state index contributed by atoms with van der Waals surface area (Å²) >= 11 is 2.38. The number of esters is 1. The number of ether oxygens (including phenoxy) is 1. The molecule has 0 unspecified atom stereocenters. The number of rotatable bonds is 3. The molecule has 0 radical (unpaired) electrons. The van der Waals surface area contributed by atoms with Crippen molar-refractivity contribution in [2.75, 3.05) is 0 Å². The molecule has 0 atom stereocenters. The first-order chi connectivity index (χ1) is 7.82. The molecule has 1 aromatic rings. The lowest BCUT2D eigenvalue weighted by Gasteiger charge is -2.17. The van der Waals surface area contributed by atoms with Crippen molar-refractivity contribution in [2.24, 2.45) is 0 Å². The molecule has 0 saturated heterocycles. The van der Waals surface area contributed by atoms with Crippen LogP contribution in [0.25, 0.3) is 0 Å². The molecule has 0 bridgehead atoms. The van der Waals surface area contributed by atoms with E-state index in [4.69, 9.17) is 4.74 Å². The van der Waals surface area contributed by atoms with Crippen molar-refractivity contribution in [1.29, 1.82) is 0 Å². The summed E-state index contributed by atoms with van der Waals surface area (Å²) in [5.74, 6) is 1.24. The Hall–Kier alpha value is -0.580. The molecule has 2 nitrogen and oxygen atoms in total. The van der Waals surface area contributed by atoms with Crippen molar-refractivity contribution in [3.05, 3.63) is 26.8 Å². The molecule has 0 aliphatic rings. The minimum Gasteiger partial charge on any atom is -0.427 e. The Morgan fingerprint density at radius 1 is 1.12 bits per heavy atom. The van der Waals surface area contributed by atoms with Crippen LogP contribution in [-0.2, 0) is 4.79 Å². The predicted molar refractivity (Wildman–Crippen MR) is 78.6 cm³/mol. The molecular formula is C14H19IO2. The molecule has 0 heterocycles. The third-order valence-corrected chi connectivity index (χ3v) is 3.85. The third-order valence-electron chi connectivity index (χ3n) is 2.61. The molecule has 0 aromatic heterocycles. The van der Waals surface area contributed by atoms with Gasteiger partial charge in [-0.2, -0.15) is 0 Å². The minimum atomic E-state index is -0.268. The normalized spacial score (nSPS) is 11.1. The van der Waals surface area contributed by atoms with Crippen molar-refractivity contribution in [3.8, 4) is 5.75 Å². The highest BCUT2D eigenvalue weighted by Crippen LogP contribution is 2.33. The molecule has 0 fully saturated rings. The van der Waals surface area contributed by atoms with Crippen molar-refractivity contribution in [1.82, 2.24) is 0 Å². The van der Waals surface area contributed by atoms with E-state index in [9.17, 15) is 4.79 Å². The van der Waals surface area contributed by atoms with E-state index in [2.05, 4.69) is 50.3 Å². The van der Waals surface area contributed by atoms with Gasteiger partial charge in [0.05, 0.1) is 0 Å². The van der Waals surface area contributed by atoms with Gasteiger partial charge in [0.2, 0.25) is 0 Å². The van der Waals surface area contributed by atoms with E-state index in [1.807, 2.05) is 12.1 Å². The Kier molecular flexibility index (Phi) is 4.98. The fraction of sp³-hybridized carbons (Fsp3) is 0.500. The van der Waals surface area contributed by atoms with Crippen LogP contribution < -0.4 is 4.74 Å². The third kappa shape index (κ3) is 3.69. The van der Waals surface area contributed by atoms with Crippen molar-refractivity contribution in [2.45, 2.75) is 46.5 Å². The second kappa shape index (κ2) is 5.85. The Morgan fingerprint density at radius 2 is 1.53 bits per heavy atom. The summed E-state index contributed by atoms with van der Waals surface area (Å²) in [6.45, 7) is 10.0. The van der Waals surface area contributed by atoms with Crippen molar-refractivity contribution < 1.29 is 9.53 Å². The lowest BCUT2D eigenvalue weighted by molar-refractivity contribution is -0.131. The van der Waals surface area contributed by atoms with Crippen LogP contribution >= 0.6 is 22.6 Å². The number of benzene rings is 1. The summed E-state index contributed by atoms with van der Waals surface area (Å²) in [6.07, 6.45) is 0. The van der Waals surface area contributed by atoms with Gasteiger partial charge in [-0.1, -0.05) is 27.7 Å². The fourth-order valence-corrected chi connectivity index (χ4v) is 3.26. The van der Waals surface area contributed by atoms with Crippen LogP contribution in [0.4, 0.5) is 0 Å². The summed E-state index contributed by atoms with van der Waals surface area (Å²) in [4.78, 5) is 11.0. The zero-order chi connectivity index (χ0) is 13.2. The maximum atomic E-state index is 11.0. The highest BCUT2D eigenvalue weighted by Gasteiger charge is 2.15.